The molecule has 0 fully saturated rings. The third-order valence-corrected chi connectivity index (χ3v) is 1.63. The van der Waals surface area contributed by atoms with E-state index in [4.69, 9.17) is 10.4 Å². The molecule has 1 aromatic carbocycles. The molecule has 70 valence electrons. The average molecular weight is 182 g/mol. The Morgan fingerprint density at radius 1 is 1.46 bits per heavy atom. The summed E-state index contributed by atoms with van der Waals surface area (Å²) in [5, 5.41) is 16.7. The fraction of sp³-hybridized carbons (Fsp3) is 0.222. The number of carbonyl (C=O) groups is 1. The predicted molar refractivity (Wildman–Crippen MR) is 45.7 cm³/mol. The fourth-order valence-electron chi connectivity index (χ4n) is 1.01. The third-order valence-electron chi connectivity index (χ3n) is 1.63. The monoisotopic (exact) mass is 182 g/mol. The van der Waals surface area contributed by atoms with Crippen molar-refractivity contribution in [1.82, 2.24) is 0 Å². The molecule has 0 spiro atoms. The molecule has 0 aliphatic rings. The summed E-state index contributed by atoms with van der Waals surface area (Å²) in [5.74, 6) is -0.516. The van der Waals surface area contributed by atoms with Gasteiger partial charge in [0, 0.05) is 6.42 Å². The molecule has 0 bridgehead atoms. The van der Waals surface area contributed by atoms with Gasteiger partial charge in [-0.1, -0.05) is 12.1 Å². The number of carboxylic acids is 1. The predicted octanol–water partition coefficient (Wildman–Crippen LogP) is 1.56. The summed E-state index contributed by atoms with van der Waals surface area (Å²) in [6.07, 6.45) is 0.515. The van der Waals surface area contributed by atoms with Crippen molar-refractivity contribution in [2.75, 3.05) is 0 Å². The molecule has 0 heterocycles. The smallest absolute Gasteiger partial charge is 0.303 e. The second-order valence-corrected chi connectivity index (χ2v) is 2.63. The van der Waals surface area contributed by atoms with Gasteiger partial charge in [0.1, 0.15) is 0 Å². The van der Waals surface area contributed by atoms with Gasteiger partial charge < -0.3 is 9.99 Å². The van der Waals surface area contributed by atoms with Crippen molar-refractivity contribution in [3.8, 4) is 5.75 Å². The van der Waals surface area contributed by atoms with Gasteiger partial charge in [-0.3, -0.25) is 4.79 Å². The van der Waals surface area contributed by atoms with E-state index in [1.54, 1.807) is 24.3 Å². The van der Waals surface area contributed by atoms with Gasteiger partial charge in [0.05, 0.1) is 0 Å². The Bertz CT molecular complexity index is 295. The number of aryl methyl sites for hydroxylation is 1. The van der Waals surface area contributed by atoms with E-state index in [0.29, 0.717) is 12.2 Å². The molecular formula is C9H10O4. The first-order valence-corrected chi connectivity index (χ1v) is 3.84. The molecule has 0 unspecified atom stereocenters. The number of hydrogen-bond acceptors (Lipinski definition) is 3. The van der Waals surface area contributed by atoms with E-state index in [9.17, 15) is 4.79 Å². The van der Waals surface area contributed by atoms with E-state index < -0.39 is 5.97 Å². The maximum atomic E-state index is 10.2. The summed E-state index contributed by atoms with van der Waals surface area (Å²) >= 11 is 0. The molecule has 0 aromatic heterocycles. The van der Waals surface area contributed by atoms with Gasteiger partial charge in [-0.25, -0.2) is 5.26 Å². The maximum absolute atomic E-state index is 10.2. The molecule has 0 saturated heterocycles. The Morgan fingerprint density at radius 2 is 2.23 bits per heavy atom. The van der Waals surface area contributed by atoms with Gasteiger partial charge in [0.15, 0.2) is 5.75 Å². The van der Waals surface area contributed by atoms with Crippen LogP contribution in [0.3, 0.4) is 0 Å². The molecular weight excluding hydrogens is 172 g/mol. The number of benzene rings is 1. The minimum atomic E-state index is -0.838. The lowest BCUT2D eigenvalue weighted by atomic mass is 10.1. The van der Waals surface area contributed by atoms with Crippen LogP contribution >= 0.6 is 0 Å². The third kappa shape index (κ3) is 3.13. The maximum Gasteiger partial charge on any atom is 0.303 e. The number of hydrogen-bond donors (Lipinski definition) is 2. The number of rotatable bonds is 4. The highest BCUT2D eigenvalue weighted by molar-refractivity contribution is 5.67. The molecule has 0 atom stereocenters. The Kier molecular flexibility index (Phi) is 3.28. The van der Waals surface area contributed by atoms with Gasteiger partial charge in [0.25, 0.3) is 0 Å². The van der Waals surface area contributed by atoms with E-state index in [0.717, 1.165) is 5.56 Å². The van der Waals surface area contributed by atoms with Crippen molar-refractivity contribution in [1.29, 1.82) is 0 Å². The van der Waals surface area contributed by atoms with Gasteiger partial charge in [-0.05, 0) is 24.1 Å². The normalized spacial score (nSPS) is 9.62. The van der Waals surface area contributed by atoms with Crippen molar-refractivity contribution in [3.63, 3.8) is 0 Å². The number of carboxylic acid groups (broad SMARTS) is 1. The van der Waals surface area contributed by atoms with Crippen LogP contribution in [0.15, 0.2) is 24.3 Å². The Labute approximate surface area is 75.3 Å². The van der Waals surface area contributed by atoms with Crippen LogP contribution in [-0.2, 0) is 11.2 Å². The lowest BCUT2D eigenvalue weighted by Gasteiger charge is -2.00. The average Bonchev–Trinajstić information content (AvgIpc) is 2.15. The second kappa shape index (κ2) is 4.47. The van der Waals surface area contributed by atoms with Gasteiger partial charge in [-0.15, -0.1) is 0 Å². The molecule has 0 radical (unpaired) electrons. The highest BCUT2D eigenvalue weighted by Crippen LogP contribution is 2.13. The van der Waals surface area contributed by atoms with Crippen molar-refractivity contribution >= 4 is 5.97 Å². The van der Waals surface area contributed by atoms with E-state index in [1.165, 1.54) is 0 Å². The minimum absolute atomic E-state index is 0.0783. The Morgan fingerprint density at radius 3 is 2.85 bits per heavy atom. The van der Waals surface area contributed by atoms with Crippen LogP contribution in [-0.4, -0.2) is 16.3 Å². The molecule has 0 saturated carbocycles. The van der Waals surface area contributed by atoms with Crippen LogP contribution in [0.2, 0.25) is 0 Å². The van der Waals surface area contributed by atoms with Crippen LogP contribution in [0, 0.1) is 0 Å². The van der Waals surface area contributed by atoms with E-state index in [-0.39, 0.29) is 6.42 Å². The Hall–Kier alpha value is -1.55. The SMILES string of the molecule is O=C(O)CCc1cccc(OO)c1. The van der Waals surface area contributed by atoms with Crippen molar-refractivity contribution in [2.24, 2.45) is 0 Å². The zero-order valence-electron chi connectivity index (χ0n) is 6.93. The topological polar surface area (TPSA) is 66.8 Å². The minimum Gasteiger partial charge on any atom is -0.481 e. The van der Waals surface area contributed by atoms with Crippen molar-refractivity contribution in [2.45, 2.75) is 12.8 Å². The van der Waals surface area contributed by atoms with Gasteiger partial charge in [0.2, 0.25) is 0 Å². The molecule has 13 heavy (non-hydrogen) atoms. The van der Waals surface area contributed by atoms with Gasteiger partial charge in [-0.2, -0.15) is 0 Å². The highest BCUT2D eigenvalue weighted by atomic mass is 17.1. The molecule has 2 N–H and O–H groups in total. The summed E-state index contributed by atoms with van der Waals surface area (Å²) in [6.45, 7) is 0. The Balaban J connectivity index is 2.61. The number of aliphatic carboxylic acids is 1. The molecule has 1 aromatic rings. The first-order chi connectivity index (χ1) is 6.22. The largest absolute Gasteiger partial charge is 0.481 e. The molecule has 0 aliphatic carbocycles. The van der Waals surface area contributed by atoms with E-state index in [2.05, 4.69) is 4.89 Å². The van der Waals surface area contributed by atoms with Crippen molar-refractivity contribution in [3.05, 3.63) is 29.8 Å². The molecule has 4 nitrogen and oxygen atoms in total. The lowest BCUT2D eigenvalue weighted by molar-refractivity contribution is -0.137. The molecule has 4 heteroatoms. The summed E-state index contributed by atoms with van der Waals surface area (Å²) in [7, 11) is 0. The summed E-state index contributed by atoms with van der Waals surface area (Å²) in [6, 6.07) is 6.67. The molecule has 1 rings (SSSR count). The summed E-state index contributed by atoms with van der Waals surface area (Å²) < 4.78 is 0. The standard InChI is InChI=1S/C9H10O4/c10-9(11)5-4-7-2-1-3-8(6-7)13-12/h1-3,6,12H,4-5H2,(H,10,11). The van der Waals surface area contributed by atoms with Crippen LogP contribution < -0.4 is 4.89 Å². The van der Waals surface area contributed by atoms with Crippen LogP contribution in [0.1, 0.15) is 12.0 Å². The zero-order chi connectivity index (χ0) is 9.68. The quantitative estimate of drug-likeness (QED) is 0.547. The van der Waals surface area contributed by atoms with E-state index in [1.807, 2.05) is 0 Å². The van der Waals surface area contributed by atoms with Crippen LogP contribution in [0.25, 0.3) is 0 Å². The highest BCUT2D eigenvalue weighted by Gasteiger charge is 2.00. The van der Waals surface area contributed by atoms with Crippen LogP contribution in [0.4, 0.5) is 0 Å². The fourth-order valence-corrected chi connectivity index (χ4v) is 1.01. The van der Waals surface area contributed by atoms with E-state index >= 15 is 0 Å². The molecule has 0 aliphatic heterocycles. The summed E-state index contributed by atoms with van der Waals surface area (Å²) in [5.41, 5.74) is 0.828. The van der Waals surface area contributed by atoms with Crippen LogP contribution in [0.5, 0.6) is 5.75 Å². The van der Waals surface area contributed by atoms with Gasteiger partial charge >= 0.3 is 5.97 Å². The molecule has 0 amide bonds. The lowest BCUT2D eigenvalue weighted by Crippen LogP contribution is -1.97. The first kappa shape index (κ1) is 9.54. The first-order valence-electron chi connectivity index (χ1n) is 3.84. The second-order valence-electron chi connectivity index (χ2n) is 2.63. The zero-order valence-corrected chi connectivity index (χ0v) is 6.93. The summed E-state index contributed by atoms with van der Waals surface area (Å²) in [4.78, 5) is 14.3. The van der Waals surface area contributed by atoms with Crippen molar-refractivity contribution < 1.29 is 20.0 Å².